The number of benzene rings is 1. The number of nitrogen functional groups attached to an aromatic ring is 1. The Hall–Kier alpha value is -2.34. The average Bonchev–Trinajstić information content (AvgIpc) is 2.78. The molecule has 1 aromatic carbocycles. The first-order chi connectivity index (χ1) is 9.72. The molecule has 0 aliphatic carbocycles. The summed E-state index contributed by atoms with van der Waals surface area (Å²) in [5.74, 6) is 0.315. The van der Waals surface area contributed by atoms with Crippen molar-refractivity contribution in [1.82, 2.24) is 14.5 Å². The number of anilines is 1. The third kappa shape index (κ3) is 1.94. The summed E-state index contributed by atoms with van der Waals surface area (Å²) < 4.78 is 1.73. The highest BCUT2D eigenvalue weighted by Crippen LogP contribution is 2.30. The van der Waals surface area contributed by atoms with Crippen LogP contribution in [-0.4, -0.2) is 31.4 Å². The largest absolute Gasteiger partial charge is 0.480 e. The number of aliphatic hydroxyl groups excluding tert-OH is 1. The van der Waals surface area contributed by atoms with Crippen molar-refractivity contribution >= 4 is 27.8 Å². The van der Waals surface area contributed by atoms with Crippen molar-refractivity contribution in [2.45, 2.75) is 19.4 Å². The zero-order valence-electron chi connectivity index (χ0n) is 11.0. The number of aromatic nitrogens is 3. The number of aryl methyl sites for hydroxylation is 1. The third-order valence-corrected chi connectivity index (χ3v) is 3.38. The summed E-state index contributed by atoms with van der Waals surface area (Å²) >= 11 is 0. The maximum absolute atomic E-state index is 10.0. The molecule has 4 N–H and O–H groups in total. The predicted molar refractivity (Wildman–Crippen MR) is 77.4 cm³/mol. The molecule has 0 unspecified atom stereocenters. The molecule has 0 amide bonds. The summed E-state index contributed by atoms with van der Waals surface area (Å²) in [5.41, 5.74) is 8.01. The number of nitrogens with two attached hydrogens (primary N) is 1. The highest BCUT2D eigenvalue weighted by atomic mass is 16.3. The minimum atomic E-state index is -0.0669. The van der Waals surface area contributed by atoms with Crippen LogP contribution < -0.4 is 5.73 Å². The SMILES string of the molecule is Nc1nc2ccccc2c2c1nc(O)n2CCCCO. The third-order valence-electron chi connectivity index (χ3n) is 3.38. The van der Waals surface area contributed by atoms with Gasteiger partial charge in [0, 0.05) is 18.5 Å². The van der Waals surface area contributed by atoms with Crippen molar-refractivity contribution in [3.63, 3.8) is 0 Å². The topological polar surface area (TPSA) is 97.2 Å². The number of unbranched alkanes of at least 4 members (excludes halogenated alkanes) is 1. The van der Waals surface area contributed by atoms with Crippen molar-refractivity contribution in [1.29, 1.82) is 0 Å². The number of para-hydroxylation sites is 1. The van der Waals surface area contributed by atoms with Crippen molar-refractivity contribution < 1.29 is 10.2 Å². The molecule has 6 nitrogen and oxygen atoms in total. The molecule has 6 heteroatoms. The Kier molecular flexibility index (Phi) is 3.15. The number of pyridine rings is 1. The predicted octanol–water partition coefficient (Wildman–Crippen LogP) is 1.64. The molecule has 104 valence electrons. The quantitative estimate of drug-likeness (QED) is 0.627. The highest BCUT2D eigenvalue weighted by Gasteiger charge is 2.16. The van der Waals surface area contributed by atoms with Gasteiger partial charge < -0.3 is 15.9 Å². The van der Waals surface area contributed by atoms with Crippen LogP contribution in [0.5, 0.6) is 6.01 Å². The monoisotopic (exact) mass is 272 g/mol. The van der Waals surface area contributed by atoms with Gasteiger partial charge in [0.1, 0.15) is 5.52 Å². The first kappa shape index (κ1) is 12.7. The number of aromatic hydroxyl groups is 1. The Bertz CT molecular complexity index is 767. The van der Waals surface area contributed by atoms with E-state index >= 15 is 0 Å². The fourth-order valence-corrected chi connectivity index (χ4v) is 2.44. The molecule has 0 aliphatic rings. The second-order valence-electron chi connectivity index (χ2n) is 4.71. The van der Waals surface area contributed by atoms with E-state index in [9.17, 15) is 5.11 Å². The normalized spacial score (nSPS) is 11.4. The van der Waals surface area contributed by atoms with Crippen LogP contribution >= 0.6 is 0 Å². The summed E-state index contributed by atoms with van der Waals surface area (Å²) in [6.45, 7) is 0.716. The van der Waals surface area contributed by atoms with Crippen LogP contribution in [0.1, 0.15) is 12.8 Å². The second-order valence-corrected chi connectivity index (χ2v) is 4.71. The maximum atomic E-state index is 10.0. The standard InChI is InChI=1S/C14H16N4O2/c15-13-11-12(9-5-1-2-6-10(9)16-13)18(14(20)17-11)7-3-4-8-19/h1-2,5-6,19H,3-4,7-8H2,(H2,15,16)(H,17,20). The number of rotatable bonds is 4. The Morgan fingerprint density at radius 2 is 1.95 bits per heavy atom. The van der Waals surface area contributed by atoms with Gasteiger partial charge in [0.15, 0.2) is 5.82 Å². The van der Waals surface area contributed by atoms with Crippen molar-refractivity contribution in [3.05, 3.63) is 24.3 Å². The first-order valence-corrected chi connectivity index (χ1v) is 6.56. The van der Waals surface area contributed by atoms with E-state index in [0.29, 0.717) is 24.3 Å². The van der Waals surface area contributed by atoms with Gasteiger partial charge in [0.25, 0.3) is 6.01 Å². The molecule has 3 rings (SSSR count). The van der Waals surface area contributed by atoms with E-state index in [0.717, 1.165) is 22.8 Å². The van der Waals surface area contributed by atoms with Gasteiger partial charge in [-0.1, -0.05) is 18.2 Å². The van der Waals surface area contributed by atoms with Gasteiger partial charge in [-0.25, -0.2) is 4.98 Å². The zero-order chi connectivity index (χ0) is 14.1. The van der Waals surface area contributed by atoms with Gasteiger partial charge in [-0.2, -0.15) is 4.98 Å². The van der Waals surface area contributed by atoms with E-state index in [1.54, 1.807) is 4.57 Å². The van der Waals surface area contributed by atoms with Crippen LogP contribution in [-0.2, 0) is 6.54 Å². The fraction of sp³-hybridized carbons (Fsp3) is 0.286. The summed E-state index contributed by atoms with van der Waals surface area (Å²) in [4.78, 5) is 8.42. The summed E-state index contributed by atoms with van der Waals surface area (Å²) in [6, 6.07) is 7.57. The van der Waals surface area contributed by atoms with Crippen LogP contribution in [0.2, 0.25) is 0 Å². The van der Waals surface area contributed by atoms with Crippen LogP contribution in [0.3, 0.4) is 0 Å². The Morgan fingerprint density at radius 1 is 1.15 bits per heavy atom. The number of fused-ring (bicyclic) bond motifs is 3. The van der Waals surface area contributed by atoms with E-state index in [2.05, 4.69) is 9.97 Å². The van der Waals surface area contributed by atoms with Gasteiger partial charge in [-0.05, 0) is 18.9 Å². The molecule has 2 aromatic heterocycles. The van der Waals surface area contributed by atoms with Crippen LogP contribution in [0.25, 0.3) is 21.9 Å². The molecule has 0 spiro atoms. The van der Waals surface area contributed by atoms with Gasteiger partial charge in [-0.15, -0.1) is 0 Å². The molecule has 0 saturated carbocycles. The summed E-state index contributed by atoms with van der Waals surface area (Å²) in [6.07, 6.45) is 1.43. The van der Waals surface area contributed by atoms with E-state index in [1.807, 2.05) is 24.3 Å². The maximum Gasteiger partial charge on any atom is 0.294 e. The van der Waals surface area contributed by atoms with Crippen LogP contribution in [0.4, 0.5) is 5.82 Å². The molecule has 20 heavy (non-hydrogen) atoms. The molecule has 0 fully saturated rings. The van der Waals surface area contributed by atoms with Crippen LogP contribution in [0.15, 0.2) is 24.3 Å². The van der Waals surface area contributed by atoms with Crippen molar-refractivity contribution in [2.24, 2.45) is 0 Å². The lowest BCUT2D eigenvalue weighted by molar-refractivity contribution is 0.279. The van der Waals surface area contributed by atoms with Gasteiger partial charge in [0.05, 0.1) is 11.0 Å². The number of hydrogen-bond donors (Lipinski definition) is 3. The van der Waals surface area contributed by atoms with Gasteiger partial charge in [0.2, 0.25) is 0 Å². The molecule has 3 aromatic rings. The first-order valence-electron chi connectivity index (χ1n) is 6.56. The van der Waals surface area contributed by atoms with Crippen LogP contribution in [0, 0.1) is 0 Å². The molecule has 0 atom stereocenters. The van der Waals surface area contributed by atoms with Crippen molar-refractivity contribution in [3.8, 4) is 6.01 Å². The molecule has 0 aliphatic heterocycles. The molecular weight excluding hydrogens is 256 g/mol. The lowest BCUT2D eigenvalue weighted by atomic mass is 10.2. The molecular formula is C14H16N4O2. The van der Waals surface area contributed by atoms with E-state index < -0.39 is 0 Å². The summed E-state index contributed by atoms with van der Waals surface area (Å²) in [7, 11) is 0. The smallest absolute Gasteiger partial charge is 0.294 e. The van der Waals surface area contributed by atoms with Crippen molar-refractivity contribution in [2.75, 3.05) is 12.3 Å². The Balaban J connectivity index is 2.25. The number of aliphatic hydroxyl groups is 1. The fourth-order valence-electron chi connectivity index (χ4n) is 2.44. The minimum absolute atomic E-state index is 0.0669. The zero-order valence-corrected chi connectivity index (χ0v) is 11.0. The lowest BCUT2D eigenvalue weighted by Crippen LogP contribution is -2.00. The van der Waals surface area contributed by atoms with E-state index in [-0.39, 0.29) is 12.6 Å². The average molecular weight is 272 g/mol. The highest BCUT2D eigenvalue weighted by molar-refractivity contribution is 6.06. The van der Waals surface area contributed by atoms with E-state index in [1.165, 1.54) is 0 Å². The number of hydrogen-bond acceptors (Lipinski definition) is 5. The second kappa shape index (κ2) is 4.97. The molecule has 0 saturated heterocycles. The minimum Gasteiger partial charge on any atom is -0.480 e. The summed E-state index contributed by atoms with van der Waals surface area (Å²) in [5, 5.41) is 19.8. The number of nitrogens with zero attached hydrogens (tertiary/aromatic N) is 3. The van der Waals surface area contributed by atoms with Gasteiger partial charge >= 0.3 is 0 Å². The lowest BCUT2D eigenvalue weighted by Gasteiger charge is -2.07. The molecule has 0 bridgehead atoms. The molecule has 0 radical (unpaired) electrons. The number of imidazole rings is 1. The molecule has 2 heterocycles. The van der Waals surface area contributed by atoms with E-state index in [4.69, 9.17) is 10.8 Å². The Morgan fingerprint density at radius 3 is 2.75 bits per heavy atom. The Labute approximate surface area is 115 Å². The van der Waals surface area contributed by atoms with Gasteiger partial charge in [-0.3, -0.25) is 4.57 Å².